The van der Waals surface area contributed by atoms with E-state index in [0.29, 0.717) is 6.54 Å². The standard InChI is InChI=1S/C14H16N4O/c1-2-8-15-11-14(19)17-12-4-6-13(7-5-12)18-10-3-9-16-18/h2-7,9-10,15H,1,8,11H2,(H,17,19). The smallest absolute Gasteiger partial charge is 0.238 e. The second-order valence-electron chi connectivity index (χ2n) is 3.97. The van der Waals surface area contributed by atoms with Crippen molar-refractivity contribution in [1.82, 2.24) is 15.1 Å². The van der Waals surface area contributed by atoms with Gasteiger partial charge >= 0.3 is 0 Å². The monoisotopic (exact) mass is 256 g/mol. The maximum atomic E-state index is 11.6. The molecule has 1 aromatic heterocycles. The topological polar surface area (TPSA) is 59.0 Å². The van der Waals surface area contributed by atoms with Crippen LogP contribution in [-0.4, -0.2) is 28.8 Å². The Balaban J connectivity index is 1.92. The molecule has 0 saturated heterocycles. The van der Waals surface area contributed by atoms with E-state index in [-0.39, 0.29) is 12.5 Å². The second kappa shape index (κ2) is 6.51. The fraction of sp³-hybridized carbons (Fsp3) is 0.143. The van der Waals surface area contributed by atoms with Crippen LogP contribution in [0.25, 0.3) is 5.69 Å². The average molecular weight is 256 g/mol. The van der Waals surface area contributed by atoms with E-state index in [1.807, 2.05) is 36.5 Å². The van der Waals surface area contributed by atoms with Crippen LogP contribution < -0.4 is 10.6 Å². The summed E-state index contributed by atoms with van der Waals surface area (Å²) in [5.41, 5.74) is 1.72. The Hall–Kier alpha value is -2.40. The van der Waals surface area contributed by atoms with E-state index in [0.717, 1.165) is 11.4 Å². The number of benzene rings is 1. The number of carbonyl (C=O) groups is 1. The van der Waals surface area contributed by atoms with Gasteiger partial charge in [-0.25, -0.2) is 4.68 Å². The lowest BCUT2D eigenvalue weighted by molar-refractivity contribution is -0.115. The van der Waals surface area contributed by atoms with Crippen molar-refractivity contribution in [2.24, 2.45) is 0 Å². The highest BCUT2D eigenvalue weighted by molar-refractivity contribution is 5.92. The Morgan fingerprint density at radius 3 is 2.79 bits per heavy atom. The summed E-state index contributed by atoms with van der Waals surface area (Å²) in [6.07, 6.45) is 5.31. The number of amides is 1. The quantitative estimate of drug-likeness (QED) is 0.609. The molecule has 2 aromatic rings. The Morgan fingerprint density at radius 2 is 2.16 bits per heavy atom. The molecule has 0 unspecified atom stereocenters. The van der Waals surface area contributed by atoms with Crippen molar-refractivity contribution in [2.45, 2.75) is 0 Å². The number of nitrogens with one attached hydrogen (secondary N) is 2. The Kier molecular flexibility index (Phi) is 4.47. The Morgan fingerprint density at radius 1 is 1.37 bits per heavy atom. The van der Waals surface area contributed by atoms with Crippen molar-refractivity contribution < 1.29 is 4.79 Å². The maximum Gasteiger partial charge on any atom is 0.238 e. The van der Waals surface area contributed by atoms with Crippen LogP contribution >= 0.6 is 0 Å². The second-order valence-corrected chi connectivity index (χ2v) is 3.97. The van der Waals surface area contributed by atoms with Crippen LogP contribution in [0.3, 0.4) is 0 Å². The minimum atomic E-state index is -0.0753. The van der Waals surface area contributed by atoms with Crippen molar-refractivity contribution >= 4 is 11.6 Å². The predicted molar refractivity (Wildman–Crippen MR) is 75.3 cm³/mol. The van der Waals surface area contributed by atoms with Gasteiger partial charge in [0.1, 0.15) is 0 Å². The molecular formula is C14H16N4O. The van der Waals surface area contributed by atoms with Gasteiger partial charge in [0.25, 0.3) is 0 Å². The van der Waals surface area contributed by atoms with Crippen molar-refractivity contribution in [3.63, 3.8) is 0 Å². The molecule has 5 nitrogen and oxygen atoms in total. The highest BCUT2D eigenvalue weighted by Crippen LogP contribution is 2.12. The number of anilines is 1. The first-order valence-electron chi connectivity index (χ1n) is 6.01. The number of hydrogen-bond donors (Lipinski definition) is 2. The molecule has 0 aliphatic carbocycles. The van der Waals surface area contributed by atoms with Crippen LogP contribution in [0.1, 0.15) is 0 Å². The van der Waals surface area contributed by atoms with Gasteiger partial charge in [-0.05, 0) is 30.3 Å². The van der Waals surface area contributed by atoms with E-state index in [1.54, 1.807) is 17.0 Å². The van der Waals surface area contributed by atoms with Gasteiger partial charge in [0.15, 0.2) is 0 Å². The lowest BCUT2D eigenvalue weighted by Crippen LogP contribution is -2.28. The van der Waals surface area contributed by atoms with E-state index in [9.17, 15) is 4.79 Å². The molecule has 0 bridgehead atoms. The van der Waals surface area contributed by atoms with Crippen LogP contribution in [0.2, 0.25) is 0 Å². The molecule has 0 atom stereocenters. The normalized spacial score (nSPS) is 10.1. The molecular weight excluding hydrogens is 240 g/mol. The minimum Gasteiger partial charge on any atom is -0.325 e. The third-order valence-corrected chi connectivity index (χ3v) is 2.49. The van der Waals surface area contributed by atoms with Crippen molar-refractivity contribution in [3.05, 3.63) is 55.4 Å². The summed E-state index contributed by atoms with van der Waals surface area (Å²) in [4.78, 5) is 11.6. The van der Waals surface area contributed by atoms with Gasteiger partial charge in [-0.1, -0.05) is 6.08 Å². The SMILES string of the molecule is C=CCNCC(=O)Nc1ccc(-n2cccn2)cc1. The summed E-state index contributed by atoms with van der Waals surface area (Å²) >= 11 is 0. The van der Waals surface area contributed by atoms with E-state index >= 15 is 0 Å². The summed E-state index contributed by atoms with van der Waals surface area (Å²) in [7, 11) is 0. The van der Waals surface area contributed by atoms with E-state index in [1.165, 1.54) is 0 Å². The lowest BCUT2D eigenvalue weighted by atomic mass is 10.3. The molecule has 0 spiro atoms. The fourth-order valence-corrected chi connectivity index (χ4v) is 1.61. The molecule has 2 rings (SSSR count). The van der Waals surface area contributed by atoms with Gasteiger partial charge in [-0.2, -0.15) is 5.10 Å². The summed E-state index contributed by atoms with van der Waals surface area (Å²) in [6.45, 7) is 4.46. The molecule has 1 heterocycles. The first-order valence-corrected chi connectivity index (χ1v) is 6.01. The zero-order valence-corrected chi connectivity index (χ0v) is 10.5. The van der Waals surface area contributed by atoms with Crippen LogP contribution in [0.4, 0.5) is 5.69 Å². The number of carbonyl (C=O) groups excluding carboxylic acids is 1. The lowest BCUT2D eigenvalue weighted by Gasteiger charge is -2.07. The molecule has 1 aromatic carbocycles. The van der Waals surface area contributed by atoms with Crippen molar-refractivity contribution in [1.29, 1.82) is 0 Å². The van der Waals surface area contributed by atoms with Crippen molar-refractivity contribution in [2.75, 3.05) is 18.4 Å². The number of hydrogen-bond acceptors (Lipinski definition) is 3. The van der Waals surface area contributed by atoms with Crippen molar-refractivity contribution in [3.8, 4) is 5.69 Å². The van der Waals surface area contributed by atoms with Gasteiger partial charge in [-0.3, -0.25) is 4.79 Å². The van der Waals surface area contributed by atoms with Crippen LogP contribution in [0.5, 0.6) is 0 Å². The first-order chi connectivity index (χ1) is 9.29. The zero-order chi connectivity index (χ0) is 13.5. The van der Waals surface area contributed by atoms with E-state index in [2.05, 4.69) is 22.3 Å². The third kappa shape index (κ3) is 3.79. The molecule has 0 aliphatic rings. The molecule has 0 aliphatic heterocycles. The number of aromatic nitrogens is 2. The molecule has 0 fully saturated rings. The van der Waals surface area contributed by atoms with E-state index < -0.39 is 0 Å². The van der Waals surface area contributed by atoms with E-state index in [4.69, 9.17) is 0 Å². The van der Waals surface area contributed by atoms with Gasteiger partial charge in [-0.15, -0.1) is 6.58 Å². The zero-order valence-electron chi connectivity index (χ0n) is 10.5. The summed E-state index contributed by atoms with van der Waals surface area (Å²) in [5.74, 6) is -0.0753. The molecule has 0 saturated carbocycles. The van der Waals surface area contributed by atoms with Gasteiger partial charge < -0.3 is 10.6 Å². The third-order valence-electron chi connectivity index (χ3n) is 2.49. The molecule has 98 valence electrons. The number of nitrogens with zero attached hydrogens (tertiary/aromatic N) is 2. The maximum absolute atomic E-state index is 11.6. The minimum absolute atomic E-state index is 0.0753. The van der Waals surface area contributed by atoms with Gasteiger partial charge in [0.2, 0.25) is 5.91 Å². The highest BCUT2D eigenvalue weighted by Gasteiger charge is 2.01. The fourth-order valence-electron chi connectivity index (χ4n) is 1.61. The summed E-state index contributed by atoms with van der Waals surface area (Å²) in [6, 6.07) is 9.37. The largest absolute Gasteiger partial charge is 0.325 e. The Labute approximate surface area is 111 Å². The molecule has 1 amide bonds. The Bertz CT molecular complexity index is 531. The van der Waals surface area contributed by atoms with Crippen LogP contribution in [0.15, 0.2) is 55.4 Å². The highest BCUT2D eigenvalue weighted by atomic mass is 16.1. The number of rotatable bonds is 6. The first kappa shape index (κ1) is 13.0. The van der Waals surface area contributed by atoms with Gasteiger partial charge in [0.05, 0.1) is 12.2 Å². The predicted octanol–water partition coefficient (Wildman–Crippen LogP) is 1.59. The molecule has 19 heavy (non-hydrogen) atoms. The molecule has 2 N–H and O–H groups in total. The van der Waals surface area contributed by atoms with Crippen LogP contribution in [-0.2, 0) is 4.79 Å². The van der Waals surface area contributed by atoms with Crippen LogP contribution in [0, 0.1) is 0 Å². The van der Waals surface area contributed by atoms with Gasteiger partial charge in [0, 0.05) is 24.6 Å². The summed E-state index contributed by atoms with van der Waals surface area (Å²) in [5, 5.41) is 9.89. The summed E-state index contributed by atoms with van der Waals surface area (Å²) < 4.78 is 1.76. The molecule has 5 heteroatoms. The average Bonchev–Trinajstić information content (AvgIpc) is 2.94. The molecule has 0 radical (unpaired) electrons.